The van der Waals surface area contributed by atoms with E-state index in [9.17, 15) is 0 Å². The van der Waals surface area contributed by atoms with Crippen LogP contribution in [0.2, 0.25) is 0 Å². The first kappa shape index (κ1) is 10.0. The lowest BCUT2D eigenvalue weighted by Crippen LogP contribution is -2.41. The monoisotopic (exact) mass is 171 g/mol. The Morgan fingerprint density at radius 2 is 2.25 bits per heavy atom. The molecule has 0 radical (unpaired) electrons. The first-order chi connectivity index (χ1) is 5.86. The van der Waals surface area contributed by atoms with Crippen molar-refractivity contribution in [1.29, 1.82) is 0 Å². The summed E-state index contributed by atoms with van der Waals surface area (Å²) in [5.41, 5.74) is 0. The van der Waals surface area contributed by atoms with Gasteiger partial charge in [-0.15, -0.1) is 0 Å². The van der Waals surface area contributed by atoms with E-state index < -0.39 is 0 Å². The lowest BCUT2D eigenvalue weighted by molar-refractivity contribution is 0.103. The summed E-state index contributed by atoms with van der Waals surface area (Å²) < 4.78 is 5.40. The molecule has 0 aromatic heterocycles. The van der Waals surface area contributed by atoms with Gasteiger partial charge in [0.2, 0.25) is 0 Å². The van der Waals surface area contributed by atoms with Crippen LogP contribution in [0.15, 0.2) is 0 Å². The average molecular weight is 171 g/mol. The Bertz CT molecular complexity index is 116. The Labute approximate surface area is 75.7 Å². The molecule has 2 nitrogen and oxygen atoms in total. The molecule has 0 aliphatic carbocycles. The number of rotatable bonds is 4. The highest BCUT2D eigenvalue weighted by Crippen LogP contribution is 2.19. The number of ether oxygens (including phenoxy) is 1. The summed E-state index contributed by atoms with van der Waals surface area (Å²) in [6.07, 6.45) is 3.97. The van der Waals surface area contributed by atoms with Crippen molar-refractivity contribution in [1.82, 2.24) is 5.32 Å². The third-order valence-electron chi connectivity index (χ3n) is 2.70. The van der Waals surface area contributed by atoms with Crippen LogP contribution in [-0.2, 0) is 4.74 Å². The van der Waals surface area contributed by atoms with Gasteiger partial charge in [-0.05, 0) is 32.2 Å². The molecule has 2 heteroatoms. The summed E-state index contributed by atoms with van der Waals surface area (Å²) in [6, 6.07) is 0.614. The van der Waals surface area contributed by atoms with Crippen LogP contribution in [0, 0.1) is 5.92 Å². The Hall–Kier alpha value is -0.0800. The molecule has 0 saturated carbocycles. The molecule has 0 aromatic carbocycles. The third kappa shape index (κ3) is 3.11. The van der Waals surface area contributed by atoms with Crippen LogP contribution >= 0.6 is 0 Å². The van der Waals surface area contributed by atoms with Crippen molar-refractivity contribution < 1.29 is 4.74 Å². The predicted molar refractivity (Wildman–Crippen MR) is 51.3 cm³/mol. The van der Waals surface area contributed by atoms with Crippen LogP contribution in [0.1, 0.15) is 33.1 Å². The van der Waals surface area contributed by atoms with E-state index in [2.05, 4.69) is 19.2 Å². The second-order valence-electron chi connectivity index (χ2n) is 3.61. The minimum atomic E-state index is 0.614. The van der Waals surface area contributed by atoms with Crippen LogP contribution in [0.25, 0.3) is 0 Å². The van der Waals surface area contributed by atoms with E-state index in [1.165, 1.54) is 25.8 Å². The van der Waals surface area contributed by atoms with Crippen molar-refractivity contribution in [2.24, 2.45) is 5.92 Å². The number of nitrogens with one attached hydrogen (secondary N) is 1. The summed E-state index contributed by atoms with van der Waals surface area (Å²) in [5, 5.41) is 3.49. The molecule has 2 unspecified atom stereocenters. The van der Waals surface area contributed by atoms with Gasteiger partial charge in [-0.1, -0.05) is 13.3 Å². The van der Waals surface area contributed by atoms with Gasteiger partial charge in [0, 0.05) is 12.6 Å². The smallest absolute Gasteiger partial charge is 0.0619 e. The molecule has 1 aliphatic rings. The van der Waals surface area contributed by atoms with E-state index in [-0.39, 0.29) is 0 Å². The number of hydrogen-bond acceptors (Lipinski definition) is 2. The molecule has 0 amide bonds. The molecule has 1 rings (SSSR count). The molecule has 1 aliphatic heterocycles. The normalized spacial score (nSPS) is 30.5. The zero-order chi connectivity index (χ0) is 8.81. The number of piperidine rings is 1. The van der Waals surface area contributed by atoms with E-state index in [0.717, 1.165) is 19.1 Å². The van der Waals surface area contributed by atoms with Crippen LogP contribution in [0.5, 0.6) is 0 Å². The summed E-state index contributed by atoms with van der Waals surface area (Å²) in [4.78, 5) is 0. The topological polar surface area (TPSA) is 21.3 Å². The lowest BCUT2D eigenvalue weighted by Gasteiger charge is -2.29. The standard InChI is InChI=1S/C10H21NO/c1-3-9-5-6-11-10(7-9)8-12-4-2/h9-11H,3-8H2,1-2H3. The van der Waals surface area contributed by atoms with E-state index in [1.54, 1.807) is 0 Å². The Balaban J connectivity index is 2.16. The maximum absolute atomic E-state index is 5.40. The lowest BCUT2D eigenvalue weighted by atomic mass is 9.91. The van der Waals surface area contributed by atoms with Crippen molar-refractivity contribution >= 4 is 0 Å². The zero-order valence-corrected chi connectivity index (χ0v) is 8.31. The molecule has 1 N–H and O–H groups in total. The van der Waals surface area contributed by atoms with Gasteiger partial charge in [0.25, 0.3) is 0 Å². The minimum absolute atomic E-state index is 0.614. The second-order valence-corrected chi connectivity index (χ2v) is 3.61. The average Bonchev–Trinajstić information content (AvgIpc) is 2.15. The van der Waals surface area contributed by atoms with Gasteiger partial charge in [-0.2, -0.15) is 0 Å². The van der Waals surface area contributed by atoms with Gasteiger partial charge in [0.05, 0.1) is 6.61 Å². The van der Waals surface area contributed by atoms with Crippen molar-refractivity contribution in [3.63, 3.8) is 0 Å². The maximum Gasteiger partial charge on any atom is 0.0619 e. The molecule has 1 heterocycles. The molecular weight excluding hydrogens is 150 g/mol. The largest absolute Gasteiger partial charge is 0.380 e. The summed E-state index contributed by atoms with van der Waals surface area (Å²) in [5.74, 6) is 0.928. The first-order valence-electron chi connectivity index (χ1n) is 5.18. The van der Waals surface area contributed by atoms with Crippen LogP contribution < -0.4 is 5.32 Å². The minimum Gasteiger partial charge on any atom is -0.380 e. The molecule has 1 saturated heterocycles. The highest BCUT2D eigenvalue weighted by molar-refractivity contribution is 4.77. The fraction of sp³-hybridized carbons (Fsp3) is 1.00. The van der Waals surface area contributed by atoms with Gasteiger partial charge in [0.1, 0.15) is 0 Å². The van der Waals surface area contributed by atoms with Crippen LogP contribution in [0.3, 0.4) is 0 Å². The van der Waals surface area contributed by atoms with E-state index >= 15 is 0 Å². The fourth-order valence-electron chi connectivity index (χ4n) is 1.85. The SMILES string of the molecule is CCOCC1CC(CC)CCN1. The maximum atomic E-state index is 5.40. The van der Waals surface area contributed by atoms with Gasteiger partial charge >= 0.3 is 0 Å². The molecule has 2 atom stereocenters. The molecular formula is C10H21NO. The van der Waals surface area contributed by atoms with E-state index in [1.807, 2.05) is 0 Å². The molecule has 0 spiro atoms. The van der Waals surface area contributed by atoms with Crippen LogP contribution in [-0.4, -0.2) is 25.8 Å². The summed E-state index contributed by atoms with van der Waals surface area (Å²) in [6.45, 7) is 7.26. The fourth-order valence-corrected chi connectivity index (χ4v) is 1.85. The van der Waals surface area contributed by atoms with Gasteiger partial charge in [0.15, 0.2) is 0 Å². The Kier molecular flexibility index (Phi) is 4.62. The number of hydrogen-bond donors (Lipinski definition) is 1. The Morgan fingerprint density at radius 3 is 2.92 bits per heavy atom. The summed E-state index contributed by atoms with van der Waals surface area (Å²) >= 11 is 0. The second kappa shape index (κ2) is 5.55. The third-order valence-corrected chi connectivity index (χ3v) is 2.70. The Morgan fingerprint density at radius 1 is 1.42 bits per heavy atom. The van der Waals surface area contributed by atoms with E-state index in [0.29, 0.717) is 6.04 Å². The van der Waals surface area contributed by atoms with Gasteiger partial charge in [-0.3, -0.25) is 0 Å². The summed E-state index contributed by atoms with van der Waals surface area (Å²) in [7, 11) is 0. The first-order valence-corrected chi connectivity index (χ1v) is 5.18. The predicted octanol–water partition coefficient (Wildman–Crippen LogP) is 1.80. The van der Waals surface area contributed by atoms with Crippen LogP contribution in [0.4, 0.5) is 0 Å². The van der Waals surface area contributed by atoms with Crippen molar-refractivity contribution in [3.8, 4) is 0 Å². The molecule has 1 fully saturated rings. The van der Waals surface area contributed by atoms with Crippen molar-refractivity contribution in [3.05, 3.63) is 0 Å². The molecule has 72 valence electrons. The van der Waals surface area contributed by atoms with Gasteiger partial charge < -0.3 is 10.1 Å². The highest BCUT2D eigenvalue weighted by Gasteiger charge is 2.19. The molecule has 12 heavy (non-hydrogen) atoms. The molecule has 0 aromatic rings. The highest BCUT2D eigenvalue weighted by atomic mass is 16.5. The van der Waals surface area contributed by atoms with E-state index in [4.69, 9.17) is 4.74 Å². The van der Waals surface area contributed by atoms with Crippen molar-refractivity contribution in [2.45, 2.75) is 39.2 Å². The molecule has 0 bridgehead atoms. The van der Waals surface area contributed by atoms with Crippen molar-refractivity contribution in [2.75, 3.05) is 19.8 Å². The zero-order valence-electron chi connectivity index (χ0n) is 8.31. The quantitative estimate of drug-likeness (QED) is 0.696. The van der Waals surface area contributed by atoms with Gasteiger partial charge in [-0.25, -0.2) is 0 Å².